The van der Waals surface area contributed by atoms with Crippen molar-refractivity contribution >= 4 is 39.8 Å². The van der Waals surface area contributed by atoms with Crippen LogP contribution in [0.25, 0.3) is 0 Å². The highest BCUT2D eigenvalue weighted by molar-refractivity contribution is 7.16. The summed E-state index contributed by atoms with van der Waals surface area (Å²) in [6, 6.07) is 9.74. The zero-order valence-electron chi connectivity index (χ0n) is 17.4. The number of esters is 1. The van der Waals surface area contributed by atoms with Gasteiger partial charge in [0, 0.05) is 42.6 Å². The monoisotopic (exact) mass is 449 g/mol. The van der Waals surface area contributed by atoms with Gasteiger partial charge in [-0.3, -0.25) is 14.6 Å². The molecule has 6 nitrogen and oxygen atoms in total. The predicted octanol–water partition coefficient (Wildman–Crippen LogP) is 3.90. The molecule has 0 atom stereocenters. The second-order valence-corrected chi connectivity index (χ2v) is 8.83. The zero-order valence-corrected chi connectivity index (χ0v) is 19.0. The maximum absolute atomic E-state index is 12.6. The lowest BCUT2D eigenvalue weighted by Crippen LogP contribution is -2.48. The van der Waals surface area contributed by atoms with Crippen molar-refractivity contribution in [1.29, 1.82) is 0 Å². The Morgan fingerprint density at radius 2 is 1.77 bits per heavy atom. The van der Waals surface area contributed by atoms with E-state index >= 15 is 0 Å². The third kappa shape index (κ3) is 6.28. The molecular formula is C22H28ClN3O3S. The molecule has 1 N–H and O–H groups in total. The van der Waals surface area contributed by atoms with Gasteiger partial charge in [-0.2, -0.15) is 0 Å². The molecule has 162 valence electrons. The highest BCUT2D eigenvalue weighted by Crippen LogP contribution is 2.29. The standard InChI is InChI=1S/C22H28ClN3O3S/c1-3-18-13-19(22(28)29-4-2)21(30-18)24-20(27)15-26-11-9-25(10-12-26)14-16-5-7-17(23)8-6-16/h5-8,13H,3-4,9-12,14-15H2,1-2H3,(H,24,27). The Kier molecular flexibility index (Phi) is 8.27. The summed E-state index contributed by atoms with van der Waals surface area (Å²) in [5.74, 6) is -0.490. The number of hydrogen-bond donors (Lipinski definition) is 1. The van der Waals surface area contributed by atoms with Crippen LogP contribution in [-0.4, -0.2) is 61.0 Å². The van der Waals surface area contributed by atoms with Gasteiger partial charge < -0.3 is 10.1 Å². The number of ether oxygens (including phenoxy) is 1. The number of amides is 1. The molecule has 0 bridgehead atoms. The van der Waals surface area contributed by atoms with E-state index in [-0.39, 0.29) is 11.9 Å². The van der Waals surface area contributed by atoms with Crippen LogP contribution in [0, 0.1) is 0 Å². The molecule has 0 radical (unpaired) electrons. The molecule has 2 heterocycles. The fraction of sp³-hybridized carbons (Fsp3) is 0.455. The Labute approximate surface area is 186 Å². The normalized spacial score (nSPS) is 15.2. The maximum atomic E-state index is 12.6. The van der Waals surface area contributed by atoms with Gasteiger partial charge in [-0.25, -0.2) is 4.79 Å². The second kappa shape index (κ2) is 10.9. The van der Waals surface area contributed by atoms with Crippen molar-refractivity contribution in [3.63, 3.8) is 0 Å². The number of aryl methyl sites for hydroxylation is 1. The molecule has 1 aliphatic rings. The van der Waals surface area contributed by atoms with Crippen LogP contribution in [0.1, 0.15) is 34.6 Å². The van der Waals surface area contributed by atoms with E-state index in [9.17, 15) is 9.59 Å². The highest BCUT2D eigenvalue weighted by Gasteiger charge is 2.22. The number of carbonyl (C=O) groups excluding carboxylic acids is 2. The Morgan fingerprint density at radius 3 is 2.40 bits per heavy atom. The average molecular weight is 450 g/mol. The SMILES string of the molecule is CCOC(=O)c1cc(CC)sc1NC(=O)CN1CCN(Cc2ccc(Cl)cc2)CC1. The fourth-order valence-corrected chi connectivity index (χ4v) is 4.52. The van der Waals surface area contributed by atoms with Gasteiger partial charge in [0.05, 0.1) is 18.7 Å². The first-order valence-corrected chi connectivity index (χ1v) is 11.5. The first kappa shape index (κ1) is 22.7. The molecule has 2 aromatic rings. The van der Waals surface area contributed by atoms with Crippen molar-refractivity contribution in [3.8, 4) is 0 Å². The predicted molar refractivity (Wildman–Crippen MR) is 121 cm³/mol. The maximum Gasteiger partial charge on any atom is 0.341 e. The Hall–Kier alpha value is -1.93. The van der Waals surface area contributed by atoms with Crippen LogP contribution in [0.15, 0.2) is 30.3 Å². The number of halogens is 1. The van der Waals surface area contributed by atoms with Crippen molar-refractivity contribution in [2.45, 2.75) is 26.8 Å². The van der Waals surface area contributed by atoms with E-state index in [2.05, 4.69) is 27.2 Å². The number of anilines is 1. The van der Waals surface area contributed by atoms with Gasteiger partial charge in [-0.1, -0.05) is 30.7 Å². The summed E-state index contributed by atoms with van der Waals surface area (Å²) in [5, 5.41) is 4.25. The van der Waals surface area contributed by atoms with Crippen LogP contribution in [0.3, 0.4) is 0 Å². The molecule has 1 aromatic carbocycles. The molecule has 1 saturated heterocycles. The fourth-order valence-electron chi connectivity index (χ4n) is 3.39. The average Bonchev–Trinajstić information content (AvgIpc) is 3.14. The highest BCUT2D eigenvalue weighted by atomic mass is 35.5. The van der Waals surface area contributed by atoms with Crippen LogP contribution in [0.4, 0.5) is 5.00 Å². The number of thiophene rings is 1. The van der Waals surface area contributed by atoms with Crippen molar-refractivity contribution < 1.29 is 14.3 Å². The second-order valence-electron chi connectivity index (χ2n) is 7.26. The van der Waals surface area contributed by atoms with Crippen LogP contribution in [-0.2, 0) is 22.5 Å². The van der Waals surface area contributed by atoms with Gasteiger partial charge in [0.25, 0.3) is 0 Å². The van der Waals surface area contributed by atoms with Crippen LogP contribution in [0.5, 0.6) is 0 Å². The molecule has 0 saturated carbocycles. The number of benzene rings is 1. The lowest BCUT2D eigenvalue weighted by atomic mass is 10.2. The lowest BCUT2D eigenvalue weighted by molar-refractivity contribution is -0.117. The van der Waals surface area contributed by atoms with Crippen molar-refractivity contribution in [2.24, 2.45) is 0 Å². The number of piperazine rings is 1. The molecule has 0 unspecified atom stereocenters. The summed E-state index contributed by atoms with van der Waals surface area (Å²) in [4.78, 5) is 30.3. The summed E-state index contributed by atoms with van der Waals surface area (Å²) < 4.78 is 5.12. The summed E-state index contributed by atoms with van der Waals surface area (Å²) >= 11 is 7.39. The molecule has 1 fully saturated rings. The van der Waals surface area contributed by atoms with Gasteiger partial charge in [0.1, 0.15) is 5.00 Å². The van der Waals surface area contributed by atoms with E-state index in [1.165, 1.54) is 16.9 Å². The van der Waals surface area contributed by atoms with E-state index in [0.29, 0.717) is 23.7 Å². The third-order valence-corrected chi connectivity index (χ3v) is 6.48. The summed E-state index contributed by atoms with van der Waals surface area (Å²) in [7, 11) is 0. The van der Waals surface area contributed by atoms with Gasteiger partial charge >= 0.3 is 5.97 Å². The minimum atomic E-state index is -0.389. The molecule has 0 spiro atoms. The Morgan fingerprint density at radius 1 is 1.10 bits per heavy atom. The van der Waals surface area contributed by atoms with Gasteiger partial charge in [0.15, 0.2) is 0 Å². The van der Waals surface area contributed by atoms with Crippen LogP contribution in [0.2, 0.25) is 5.02 Å². The van der Waals surface area contributed by atoms with Gasteiger partial charge in [0.2, 0.25) is 5.91 Å². The van der Waals surface area contributed by atoms with E-state index in [4.69, 9.17) is 16.3 Å². The van der Waals surface area contributed by atoms with E-state index in [0.717, 1.165) is 49.0 Å². The number of rotatable bonds is 8. The van der Waals surface area contributed by atoms with Gasteiger partial charge in [-0.15, -0.1) is 11.3 Å². The molecule has 30 heavy (non-hydrogen) atoms. The summed E-state index contributed by atoms with van der Waals surface area (Å²) in [6.45, 7) is 8.78. The molecule has 1 aliphatic heterocycles. The van der Waals surface area contributed by atoms with Crippen LogP contribution >= 0.6 is 22.9 Å². The first-order valence-electron chi connectivity index (χ1n) is 10.3. The Balaban J connectivity index is 1.50. The summed E-state index contributed by atoms with van der Waals surface area (Å²) in [6.07, 6.45) is 0.808. The third-order valence-electron chi connectivity index (χ3n) is 5.03. The topological polar surface area (TPSA) is 61.9 Å². The van der Waals surface area contributed by atoms with Crippen molar-refractivity contribution in [2.75, 3.05) is 44.6 Å². The summed E-state index contributed by atoms with van der Waals surface area (Å²) in [5.41, 5.74) is 1.68. The molecule has 1 aromatic heterocycles. The molecular weight excluding hydrogens is 422 g/mol. The molecule has 8 heteroatoms. The van der Waals surface area contributed by atoms with E-state index in [1.807, 2.05) is 25.1 Å². The van der Waals surface area contributed by atoms with E-state index in [1.54, 1.807) is 6.92 Å². The minimum Gasteiger partial charge on any atom is -0.462 e. The quantitative estimate of drug-likeness (QED) is 0.619. The minimum absolute atomic E-state index is 0.101. The zero-order chi connectivity index (χ0) is 21.5. The van der Waals surface area contributed by atoms with Crippen LogP contribution < -0.4 is 5.32 Å². The largest absolute Gasteiger partial charge is 0.462 e. The molecule has 3 rings (SSSR count). The number of hydrogen-bond acceptors (Lipinski definition) is 6. The number of nitrogens with one attached hydrogen (secondary N) is 1. The number of carbonyl (C=O) groups is 2. The number of nitrogens with zero attached hydrogens (tertiary/aromatic N) is 2. The van der Waals surface area contributed by atoms with Crippen molar-refractivity contribution in [1.82, 2.24) is 9.80 Å². The van der Waals surface area contributed by atoms with Crippen molar-refractivity contribution in [3.05, 3.63) is 51.4 Å². The Bertz CT molecular complexity index is 861. The molecule has 0 aliphatic carbocycles. The van der Waals surface area contributed by atoms with E-state index < -0.39 is 0 Å². The molecule has 1 amide bonds. The smallest absolute Gasteiger partial charge is 0.341 e. The van der Waals surface area contributed by atoms with Gasteiger partial charge in [-0.05, 0) is 37.1 Å². The first-order chi connectivity index (χ1) is 14.5. The lowest BCUT2D eigenvalue weighted by Gasteiger charge is -2.34.